The first-order chi connectivity index (χ1) is 10.6. The van der Waals surface area contributed by atoms with Gasteiger partial charge >= 0.3 is 0 Å². The maximum atomic E-state index is 11.9. The van der Waals surface area contributed by atoms with E-state index >= 15 is 0 Å². The number of carbonyl (C=O) groups excluding carboxylic acids is 1. The van der Waals surface area contributed by atoms with Crippen LogP contribution in [0.25, 0.3) is 0 Å². The Hall–Kier alpha value is -2.89. The Bertz CT molecular complexity index is 685. The summed E-state index contributed by atoms with van der Waals surface area (Å²) in [6, 6.07) is 13.4. The van der Waals surface area contributed by atoms with Crippen LogP contribution in [0.3, 0.4) is 0 Å². The minimum absolute atomic E-state index is 0.149. The van der Waals surface area contributed by atoms with Gasteiger partial charge in [-0.05, 0) is 30.2 Å². The van der Waals surface area contributed by atoms with Gasteiger partial charge in [0.15, 0.2) is 6.61 Å². The molecule has 0 unspecified atom stereocenters. The van der Waals surface area contributed by atoms with Gasteiger partial charge in [0.2, 0.25) is 0 Å². The summed E-state index contributed by atoms with van der Waals surface area (Å²) in [6.45, 7) is 1.82. The molecular weight excluding hydrogens is 284 g/mol. The van der Waals surface area contributed by atoms with E-state index in [4.69, 9.17) is 4.74 Å². The average Bonchev–Trinajstić information content (AvgIpc) is 2.53. The molecule has 0 aliphatic heterocycles. The van der Waals surface area contributed by atoms with Crippen molar-refractivity contribution in [1.29, 1.82) is 0 Å². The molecule has 0 bridgehead atoms. The first-order valence-corrected chi connectivity index (χ1v) is 6.85. The smallest absolute Gasteiger partial charge is 0.292 e. The third kappa shape index (κ3) is 4.05. The highest BCUT2D eigenvalue weighted by molar-refractivity contribution is 5.94. The van der Waals surface area contributed by atoms with Crippen LogP contribution in [-0.2, 0) is 11.2 Å². The Morgan fingerprint density at radius 1 is 1.23 bits per heavy atom. The summed E-state index contributed by atoms with van der Waals surface area (Å²) in [4.78, 5) is 22.2. The van der Waals surface area contributed by atoms with Crippen LogP contribution in [0.1, 0.15) is 12.5 Å². The first-order valence-electron chi connectivity index (χ1n) is 6.85. The summed E-state index contributed by atoms with van der Waals surface area (Å²) < 4.78 is 5.40. The highest BCUT2D eigenvalue weighted by Gasteiger charge is 2.14. The predicted octanol–water partition coefficient (Wildman–Crippen LogP) is 3.17. The van der Waals surface area contributed by atoms with Crippen LogP contribution >= 0.6 is 0 Å². The normalized spacial score (nSPS) is 10.0. The molecule has 0 aliphatic rings. The molecule has 0 aliphatic carbocycles. The molecule has 114 valence electrons. The third-order valence-electron chi connectivity index (χ3n) is 3.05. The van der Waals surface area contributed by atoms with Crippen molar-refractivity contribution >= 4 is 17.3 Å². The van der Waals surface area contributed by atoms with Crippen LogP contribution in [-0.4, -0.2) is 17.4 Å². The lowest BCUT2D eigenvalue weighted by Crippen LogP contribution is -2.20. The van der Waals surface area contributed by atoms with E-state index in [-0.39, 0.29) is 18.0 Å². The average molecular weight is 300 g/mol. The number of nitro groups is 1. The van der Waals surface area contributed by atoms with Crippen LogP contribution in [0.4, 0.5) is 11.4 Å². The lowest BCUT2D eigenvalue weighted by atomic mass is 10.2. The monoisotopic (exact) mass is 300 g/mol. The van der Waals surface area contributed by atoms with E-state index in [1.54, 1.807) is 18.2 Å². The third-order valence-corrected chi connectivity index (χ3v) is 3.05. The number of nitrogens with zero attached hydrogens (tertiary/aromatic N) is 1. The highest BCUT2D eigenvalue weighted by Crippen LogP contribution is 2.23. The molecule has 0 saturated heterocycles. The summed E-state index contributed by atoms with van der Waals surface area (Å²) in [5.74, 6) is 0.147. The molecule has 2 rings (SSSR count). The van der Waals surface area contributed by atoms with Gasteiger partial charge in [-0.2, -0.15) is 0 Å². The second-order valence-corrected chi connectivity index (χ2v) is 4.61. The number of anilines is 1. The molecule has 1 N–H and O–H groups in total. The molecule has 0 radical (unpaired) electrons. The van der Waals surface area contributed by atoms with Gasteiger partial charge in [-0.1, -0.05) is 31.2 Å². The van der Waals surface area contributed by atoms with E-state index in [1.165, 1.54) is 12.1 Å². The van der Waals surface area contributed by atoms with Crippen molar-refractivity contribution in [2.75, 3.05) is 11.9 Å². The van der Waals surface area contributed by atoms with Crippen LogP contribution in [0, 0.1) is 10.1 Å². The number of benzene rings is 2. The molecule has 0 aromatic heterocycles. The molecule has 2 aromatic rings. The predicted molar refractivity (Wildman–Crippen MR) is 83.0 cm³/mol. The largest absolute Gasteiger partial charge is 0.484 e. The number of carbonyl (C=O) groups is 1. The SMILES string of the molecule is CCc1cccc(OCC(=O)Nc2ccccc2[N+](=O)[O-])c1. The van der Waals surface area contributed by atoms with Gasteiger partial charge in [0.1, 0.15) is 11.4 Å². The molecule has 0 atom stereocenters. The van der Waals surface area contributed by atoms with Crippen molar-refractivity contribution in [3.63, 3.8) is 0 Å². The van der Waals surface area contributed by atoms with Crippen LogP contribution in [0.15, 0.2) is 48.5 Å². The van der Waals surface area contributed by atoms with E-state index in [0.29, 0.717) is 5.75 Å². The number of rotatable bonds is 6. The summed E-state index contributed by atoms with van der Waals surface area (Å²) in [5.41, 5.74) is 1.11. The molecule has 22 heavy (non-hydrogen) atoms. The fraction of sp³-hybridized carbons (Fsp3) is 0.188. The first kappa shape index (κ1) is 15.5. The zero-order chi connectivity index (χ0) is 15.9. The fourth-order valence-electron chi connectivity index (χ4n) is 1.93. The van der Waals surface area contributed by atoms with Crippen molar-refractivity contribution < 1.29 is 14.5 Å². The number of amides is 1. The molecule has 2 aromatic carbocycles. The topological polar surface area (TPSA) is 81.5 Å². The van der Waals surface area contributed by atoms with Gasteiger partial charge in [0, 0.05) is 6.07 Å². The van der Waals surface area contributed by atoms with Gasteiger partial charge in [-0.15, -0.1) is 0 Å². The molecular formula is C16H16N2O4. The summed E-state index contributed by atoms with van der Waals surface area (Å²) in [6.07, 6.45) is 0.875. The number of hydrogen-bond donors (Lipinski definition) is 1. The molecule has 6 nitrogen and oxygen atoms in total. The number of aryl methyl sites for hydroxylation is 1. The van der Waals surface area contributed by atoms with Crippen LogP contribution in [0.2, 0.25) is 0 Å². The number of nitrogens with one attached hydrogen (secondary N) is 1. The van der Waals surface area contributed by atoms with Crippen LogP contribution < -0.4 is 10.1 Å². The zero-order valence-electron chi connectivity index (χ0n) is 12.1. The van der Waals surface area contributed by atoms with Crippen molar-refractivity contribution in [3.05, 3.63) is 64.2 Å². The van der Waals surface area contributed by atoms with Gasteiger partial charge in [-0.3, -0.25) is 14.9 Å². The van der Waals surface area contributed by atoms with E-state index in [1.807, 2.05) is 25.1 Å². The maximum absolute atomic E-state index is 11.9. The Labute approximate surface area is 127 Å². The minimum Gasteiger partial charge on any atom is -0.484 e. The summed E-state index contributed by atoms with van der Waals surface area (Å²) in [7, 11) is 0. The molecule has 0 heterocycles. The van der Waals surface area contributed by atoms with Gasteiger partial charge in [-0.25, -0.2) is 0 Å². The van der Waals surface area contributed by atoms with Crippen LogP contribution in [0.5, 0.6) is 5.75 Å². The minimum atomic E-state index is -0.540. The Morgan fingerprint density at radius 2 is 2.00 bits per heavy atom. The number of nitro benzene ring substituents is 1. The molecule has 1 amide bonds. The summed E-state index contributed by atoms with van der Waals surface area (Å²) in [5, 5.41) is 13.4. The van der Waals surface area contributed by atoms with Gasteiger partial charge < -0.3 is 10.1 Å². The second-order valence-electron chi connectivity index (χ2n) is 4.61. The number of para-hydroxylation sites is 2. The molecule has 0 spiro atoms. The van der Waals surface area contributed by atoms with E-state index in [2.05, 4.69) is 5.32 Å². The highest BCUT2D eigenvalue weighted by atomic mass is 16.6. The van der Waals surface area contributed by atoms with Crippen molar-refractivity contribution in [3.8, 4) is 5.75 Å². The van der Waals surface area contributed by atoms with Crippen molar-refractivity contribution in [2.24, 2.45) is 0 Å². The van der Waals surface area contributed by atoms with E-state index < -0.39 is 10.8 Å². The van der Waals surface area contributed by atoms with Crippen molar-refractivity contribution in [1.82, 2.24) is 0 Å². The number of hydrogen-bond acceptors (Lipinski definition) is 4. The Morgan fingerprint density at radius 3 is 2.73 bits per heavy atom. The lowest BCUT2D eigenvalue weighted by Gasteiger charge is -2.08. The standard InChI is InChI=1S/C16H16N2O4/c1-2-12-6-5-7-13(10-12)22-11-16(19)17-14-8-3-4-9-15(14)18(20)21/h3-10H,2,11H2,1H3,(H,17,19). The fourth-order valence-corrected chi connectivity index (χ4v) is 1.93. The number of ether oxygens (including phenoxy) is 1. The quantitative estimate of drug-likeness (QED) is 0.656. The molecule has 6 heteroatoms. The van der Waals surface area contributed by atoms with Crippen molar-refractivity contribution in [2.45, 2.75) is 13.3 Å². The van der Waals surface area contributed by atoms with Gasteiger partial charge in [0.05, 0.1) is 4.92 Å². The maximum Gasteiger partial charge on any atom is 0.292 e. The van der Waals surface area contributed by atoms with Gasteiger partial charge in [0.25, 0.3) is 11.6 Å². The second kappa shape index (κ2) is 7.21. The van der Waals surface area contributed by atoms with E-state index in [9.17, 15) is 14.9 Å². The molecule has 0 fully saturated rings. The molecule has 0 saturated carbocycles. The lowest BCUT2D eigenvalue weighted by molar-refractivity contribution is -0.383. The van der Waals surface area contributed by atoms with E-state index in [0.717, 1.165) is 12.0 Å². The zero-order valence-corrected chi connectivity index (χ0v) is 12.1. The summed E-state index contributed by atoms with van der Waals surface area (Å²) >= 11 is 0. The Kier molecular flexibility index (Phi) is 5.08. The Balaban J connectivity index is 1.97.